The number of esters is 1. The molecule has 3 nitrogen and oxygen atoms in total. The van der Waals surface area contributed by atoms with E-state index in [9.17, 15) is 4.79 Å². The van der Waals surface area contributed by atoms with Gasteiger partial charge in [0.1, 0.15) is 5.92 Å². The van der Waals surface area contributed by atoms with Crippen LogP contribution in [0.2, 0.25) is 0 Å². The van der Waals surface area contributed by atoms with E-state index in [1.54, 1.807) is 0 Å². The van der Waals surface area contributed by atoms with Gasteiger partial charge in [0.2, 0.25) is 0 Å². The number of H-pyrrole nitrogens is 1. The van der Waals surface area contributed by atoms with Gasteiger partial charge in [0.05, 0.1) is 7.11 Å². The molecule has 0 aliphatic carbocycles. The molecule has 0 bridgehead atoms. The second-order valence-corrected chi connectivity index (χ2v) is 5.08. The maximum absolute atomic E-state index is 12.3. The molecular formula is C18H17NO2. The molecular weight excluding hydrogens is 262 g/mol. The number of aryl methyl sites for hydroxylation is 1. The molecule has 3 aromatic rings. The van der Waals surface area contributed by atoms with Gasteiger partial charge in [-0.25, -0.2) is 0 Å². The number of ether oxygens (including phenoxy) is 1. The van der Waals surface area contributed by atoms with Crippen LogP contribution < -0.4 is 0 Å². The molecule has 21 heavy (non-hydrogen) atoms. The first-order valence-corrected chi connectivity index (χ1v) is 6.92. The zero-order valence-electron chi connectivity index (χ0n) is 12.1. The molecule has 0 aliphatic rings. The number of hydrogen-bond donors (Lipinski definition) is 1. The molecule has 0 amide bonds. The van der Waals surface area contributed by atoms with Crippen LogP contribution in [0.5, 0.6) is 0 Å². The number of fused-ring (bicyclic) bond motifs is 1. The van der Waals surface area contributed by atoms with Gasteiger partial charge in [-0.05, 0) is 24.1 Å². The van der Waals surface area contributed by atoms with Gasteiger partial charge in [-0.1, -0.05) is 48.5 Å². The van der Waals surface area contributed by atoms with Crippen molar-refractivity contribution < 1.29 is 9.53 Å². The highest BCUT2D eigenvalue weighted by molar-refractivity contribution is 5.89. The Morgan fingerprint density at radius 2 is 1.71 bits per heavy atom. The highest BCUT2D eigenvalue weighted by Gasteiger charge is 2.27. The van der Waals surface area contributed by atoms with E-state index < -0.39 is 5.92 Å². The molecule has 1 atom stereocenters. The fourth-order valence-electron chi connectivity index (χ4n) is 2.78. The summed E-state index contributed by atoms with van der Waals surface area (Å²) in [7, 11) is 1.43. The third-order valence-corrected chi connectivity index (χ3v) is 3.86. The van der Waals surface area contributed by atoms with Crippen molar-refractivity contribution in [3.8, 4) is 0 Å². The Kier molecular flexibility index (Phi) is 3.48. The van der Waals surface area contributed by atoms with E-state index in [1.165, 1.54) is 7.11 Å². The zero-order chi connectivity index (χ0) is 14.8. The van der Waals surface area contributed by atoms with Crippen LogP contribution in [0.3, 0.4) is 0 Å². The van der Waals surface area contributed by atoms with E-state index in [1.807, 2.05) is 55.5 Å². The normalized spacial score (nSPS) is 12.3. The van der Waals surface area contributed by atoms with Crippen LogP contribution in [0.4, 0.5) is 0 Å². The van der Waals surface area contributed by atoms with Gasteiger partial charge in [0.25, 0.3) is 0 Å². The molecule has 1 unspecified atom stereocenters. The number of nitrogens with one attached hydrogen (secondary N) is 1. The second kappa shape index (κ2) is 5.44. The van der Waals surface area contributed by atoms with Crippen molar-refractivity contribution in [1.29, 1.82) is 0 Å². The fourth-order valence-corrected chi connectivity index (χ4v) is 2.78. The first-order chi connectivity index (χ1) is 10.2. The van der Waals surface area contributed by atoms with E-state index in [-0.39, 0.29) is 5.97 Å². The van der Waals surface area contributed by atoms with E-state index in [0.717, 1.165) is 27.7 Å². The molecule has 0 radical (unpaired) electrons. The number of hydrogen-bond acceptors (Lipinski definition) is 2. The Bertz CT molecular complexity index is 774. The minimum absolute atomic E-state index is 0.254. The van der Waals surface area contributed by atoms with E-state index in [4.69, 9.17) is 4.74 Å². The first kappa shape index (κ1) is 13.4. The molecule has 0 fully saturated rings. The lowest BCUT2D eigenvalue weighted by Crippen LogP contribution is -2.16. The predicted molar refractivity (Wildman–Crippen MR) is 83.3 cm³/mol. The van der Waals surface area contributed by atoms with Crippen molar-refractivity contribution in [2.24, 2.45) is 0 Å². The molecule has 0 aliphatic heterocycles. The van der Waals surface area contributed by atoms with E-state index in [0.29, 0.717) is 0 Å². The summed E-state index contributed by atoms with van der Waals surface area (Å²) in [4.78, 5) is 15.7. The highest BCUT2D eigenvalue weighted by atomic mass is 16.5. The maximum Gasteiger partial charge on any atom is 0.319 e. The number of carbonyl (C=O) groups excluding carboxylic acids is 1. The van der Waals surface area contributed by atoms with Crippen molar-refractivity contribution >= 4 is 16.9 Å². The van der Waals surface area contributed by atoms with E-state index in [2.05, 4.69) is 11.1 Å². The van der Waals surface area contributed by atoms with Gasteiger partial charge < -0.3 is 9.72 Å². The van der Waals surface area contributed by atoms with Gasteiger partial charge in [0, 0.05) is 16.6 Å². The van der Waals surface area contributed by atoms with Crippen LogP contribution in [0.1, 0.15) is 22.7 Å². The zero-order valence-corrected chi connectivity index (χ0v) is 12.1. The Morgan fingerprint density at radius 1 is 1.05 bits per heavy atom. The number of rotatable bonds is 3. The summed E-state index contributed by atoms with van der Waals surface area (Å²) in [6.45, 7) is 2.03. The molecule has 1 aromatic heterocycles. The number of aromatic nitrogens is 1. The minimum atomic E-state index is -0.427. The van der Waals surface area contributed by atoms with Crippen LogP contribution in [-0.4, -0.2) is 18.1 Å². The molecule has 0 saturated carbocycles. The van der Waals surface area contributed by atoms with Crippen molar-refractivity contribution in [1.82, 2.24) is 4.98 Å². The van der Waals surface area contributed by atoms with Crippen molar-refractivity contribution in [2.45, 2.75) is 12.8 Å². The van der Waals surface area contributed by atoms with Crippen LogP contribution in [0.15, 0.2) is 54.6 Å². The van der Waals surface area contributed by atoms with Crippen LogP contribution in [0.25, 0.3) is 10.9 Å². The lowest BCUT2D eigenvalue weighted by Gasteiger charge is -2.15. The van der Waals surface area contributed by atoms with E-state index >= 15 is 0 Å². The minimum Gasteiger partial charge on any atom is -0.468 e. The topological polar surface area (TPSA) is 42.1 Å². The third-order valence-electron chi connectivity index (χ3n) is 3.86. The predicted octanol–water partition coefficient (Wildman–Crippen LogP) is 3.78. The molecule has 1 N–H and O–H groups in total. The fraction of sp³-hybridized carbons (Fsp3) is 0.167. The highest BCUT2D eigenvalue weighted by Crippen LogP contribution is 2.32. The maximum atomic E-state index is 12.3. The average molecular weight is 279 g/mol. The SMILES string of the molecule is COC(=O)C(c1ccccc1)c1[nH]c2ccccc2c1C. The van der Waals surface area contributed by atoms with Gasteiger partial charge >= 0.3 is 5.97 Å². The van der Waals surface area contributed by atoms with Crippen LogP contribution in [-0.2, 0) is 9.53 Å². The summed E-state index contributed by atoms with van der Waals surface area (Å²) in [5.74, 6) is -0.681. The molecule has 0 saturated heterocycles. The number of para-hydroxylation sites is 1. The summed E-state index contributed by atoms with van der Waals surface area (Å²) in [5.41, 5.74) is 3.95. The Labute approximate surface area is 123 Å². The molecule has 3 rings (SSSR count). The number of methoxy groups -OCH3 is 1. The number of carbonyl (C=O) groups is 1. The summed E-state index contributed by atoms with van der Waals surface area (Å²) in [5, 5.41) is 1.14. The van der Waals surface area contributed by atoms with Crippen molar-refractivity contribution in [3.63, 3.8) is 0 Å². The monoisotopic (exact) mass is 279 g/mol. The van der Waals surface area contributed by atoms with Gasteiger partial charge in [-0.3, -0.25) is 4.79 Å². The average Bonchev–Trinajstić information content (AvgIpc) is 2.86. The largest absolute Gasteiger partial charge is 0.468 e. The summed E-state index contributed by atoms with van der Waals surface area (Å²) >= 11 is 0. The quantitative estimate of drug-likeness (QED) is 0.741. The summed E-state index contributed by atoms with van der Waals surface area (Å²) in [6, 6.07) is 17.8. The Balaban J connectivity index is 2.19. The Hall–Kier alpha value is -2.55. The van der Waals surface area contributed by atoms with Crippen molar-refractivity contribution in [3.05, 3.63) is 71.4 Å². The lowest BCUT2D eigenvalue weighted by molar-refractivity contribution is -0.141. The first-order valence-electron chi connectivity index (χ1n) is 6.92. The lowest BCUT2D eigenvalue weighted by atomic mass is 9.93. The van der Waals surface area contributed by atoms with Gasteiger partial charge in [-0.2, -0.15) is 0 Å². The summed E-state index contributed by atoms with van der Waals surface area (Å²) < 4.78 is 5.01. The number of aromatic amines is 1. The van der Waals surface area contributed by atoms with Gasteiger partial charge in [0.15, 0.2) is 0 Å². The molecule has 2 aromatic carbocycles. The number of benzene rings is 2. The summed E-state index contributed by atoms with van der Waals surface area (Å²) in [6.07, 6.45) is 0. The second-order valence-electron chi connectivity index (χ2n) is 5.08. The molecule has 3 heteroatoms. The standard InChI is InChI=1S/C18H17NO2/c1-12-14-10-6-7-11-15(14)19-17(12)16(18(20)21-2)13-8-4-3-5-9-13/h3-11,16,19H,1-2H3. The third kappa shape index (κ3) is 2.31. The molecule has 0 spiro atoms. The molecule has 1 heterocycles. The van der Waals surface area contributed by atoms with Crippen LogP contribution >= 0.6 is 0 Å². The van der Waals surface area contributed by atoms with Crippen LogP contribution in [0, 0.1) is 6.92 Å². The molecule has 106 valence electrons. The smallest absolute Gasteiger partial charge is 0.319 e. The Morgan fingerprint density at radius 3 is 2.38 bits per heavy atom. The van der Waals surface area contributed by atoms with Crippen molar-refractivity contribution in [2.75, 3.05) is 7.11 Å². The van der Waals surface area contributed by atoms with Gasteiger partial charge in [-0.15, -0.1) is 0 Å².